The summed E-state index contributed by atoms with van der Waals surface area (Å²) in [7, 11) is 4.19. The Kier molecular flexibility index (Phi) is 5.14. The number of nitrogens with zero attached hydrogens (tertiary/aromatic N) is 3. The fourth-order valence-corrected chi connectivity index (χ4v) is 4.02. The summed E-state index contributed by atoms with van der Waals surface area (Å²) in [6, 6.07) is 19.0. The summed E-state index contributed by atoms with van der Waals surface area (Å²) in [6.07, 6.45) is 3.65. The Morgan fingerprint density at radius 3 is 2.48 bits per heavy atom. The lowest BCUT2D eigenvalue weighted by atomic mass is 10.1. The van der Waals surface area contributed by atoms with E-state index in [0.717, 1.165) is 23.7 Å². The molecule has 0 atom stereocenters. The maximum Gasteiger partial charge on any atom is 0.184 e. The minimum atomic E-state index is 0.779. The third kappa shape index (κ3) is 4.15. The molecule has 27 heavy (non-hydrogen) atoms. The molecule has 0 aliphatic heterocycles. The molecular formula is C22H22N4S. The number of aromatic nitrogens is 2. The van der Waals surface area contributed by atoms with Crippen molar-refractivity contribution in [2.24, 2.45) is 0 Å². The number of nitrogens with one attached hydrogen (secondary N) is 1. The largest absolute Gasteiger partial charge is 0.357 e. The van der Waals surface area contributed by atoms with Crippen molar-refractivity contribution in [3.63, 3.8) is 0 Å². The van der Waals surface area contributed by atoms with Gasteiger partial charge >= 0.3 is 0 Å². The molecule has 0 radical (unpaired) electrons. The second-order valence-corrected chi connectivity index (χ2v) is 7.83. The Balaban J connectivity index is 1.54. The van der Waals surface area contributed by atoms with E-state index in [2.05, 4.69) is 71.8 Å². The van der Waals surface area contributed by atoms with E-state index in [1.54, 1.807) is 11.3 Å². The zero-order valence-electron chi connectivity index (χ0n) is 15.5. The van der Waals surface area contributed by atoms with Gasteiger partial charge in [-0.1, -0.05) is 41.7 Å². The van der Waals surface area contributed by atoms with Crippen LogP contribution < -0.4 is 5.32 Å². The summed E-state index contributed by atoms with van der Waals surface area (Å²) in [6.45, 7) is 1.72. The highest BCUT2D eigenvalue weighted by Crippen LogP contribution is 2.30. The molecule has 0 bridgehead atoms. The first-order valence-corrected chi connectivity index (χ1v) is 9.77. The van der Waals surface area contributed by atoms with Crippen molar-refractivity contribution in [3.05, 3.63) is 78.1 Å². The maximum absolute atomic E-state index is 4.74. The van der Waals surface area contributed by atoms with Crippen LogP contribution in [0.3, 0.4) is 0 Å². The molecule has 2 aromatic heterocycles. The van der Waals surface area contributed by atoms with Crippen molar-refractivity contribution >= 4 is 26.7 Å². The first kappa shape index (κ1) is 17.6. The summed E-state index contributed by atoms with van der Waals surface area (Å²) in [5.74, 6) is 0. The molecule has 2 aromatic carbocycles. The van der Waals surface area contributed by atoms with E-state index >= 15 is 0 Å². The summed E-state index contributed by atoms with van der Waals surface area (Å²) < 4.78 is 1.19. The quantitative estimate of drug-likeness (QED) is 0.514. The SMILES string of the molecule is CN(C)Cc1ccccc1CNc1nc2ccc(-c3ccncc3)cc2s1. The molecule has 0 spiro atoms. The fraction of sp³-hybridized carbons (Fsp3) is 0.182. The molecule has 4 aromatic rings. The summed E-state index contributed by atoms with van der Waals surface area (Å²) in [4.78, 5) is 11.0. The van der Waals surface area contributed by atoms with Gasteiger partial charge in [-0.05, 0) is 60.6 Å². The zero-order valence-corrected chi connectivity index (χ0v) is 16.3. The Labute approximate surface area is 163 Å². The van der Waals surface area contributed by atoms with E-state index in [-0.39, 0.29) is 0 Å². The molecule has 0 unspecified atom stereocenters. The Hall–Kier alpha value is -2.76. The van der Waals surface area contributed by atoms with Gasteiger partial charge in [0.05, 0.1) is 10.2 Å². The average molecular weight is 375 g/mol. The van der Waals surface area contributed by atoms with E-state index in [4.69, 9.17) is 4.98 Å². The first-order chi connectivity index (χ1) is 13.2. The standard InChI is InChI=1S/C22H22N4S/c1-26(2)15-19-6-4-3-5-18(19)14-24-22-25-20-8-7-17(13-21(20)27-22)16-9-11-23-12-10-16/h3-13H,14-15H2,1-2H3,(H,24,25). The first-order valence-electron chi connectivity index (χ1n) is 8.95. The molecule has 0 saturated carbocycles. The van der Waals surface area contributed by atoms with Crippen molar-refractivity contribution in [1.82, 2.24) is 14.9 Å². The van der Waals surface area contributed by atoms with Crippen LogP contribution in [0.15, 0.2) is 67.0 Å². The highest BCUT2D eigenvalue weighted by Gasteiger charge is 2.08. The minimum Gasteiger partial charge on any atom is -0.357 e. The van der Waals surface area contributed by atoms with E-state index in [1.165, 1.54) is 27.0 Å². The molecule has 0 fully saturated rings. The second kappa shape index (κ2) is 7.86. The molecule has 0 amide bonds. The van der Waals surface area contributed by atoms with E-state index in [9.17, 15) is 0 Å². The summed E-state index contributed by atoms with van der Waals surface area (Å²) in [5, 5.41) is 4.46. The van der Waals surface area contributed by atoms with E-state index < -0.39 is 0 Å². The maximum atomic E-state index is 4.74. The van der Waals surface area contributed by atoms with Crippen LogP contribution in [0, 0.1) is 0 Å². The molecule has 5 heteroatoms. The fourth-order valence-electron chi connectivity index (χ4n) is 3.12. The Morgan fingerprint density at radius 1 is 0.926 bits per heavy atom. The van der Waals surface area contributed by atoms with Crippen LogP contribution in [0.2, 0.25) is 0 Å². The third-order valence-electron chi connectivity index (χ3n) is 4.44. The van der Waals surface area contributed by atoms with Crippen molar-refractivity contribution in [2.75, 3.05) is 19.4 Å². The third-order valence-corrected chi connectivity index (χ3v) is 5.41. The summed E-state index contributed by atoms with van der Waals surface area (Å²) >= 11 is 1.70. The van der Waals surface area contributed by atoms with Crippen molar-refractivity contribution in [2.45, 2.75) is 13.1 Å². The molecule has 4 rings (SSSR count). The molecule has 1 N–H and O–H groups in total. The number of benzene rings is 2. The van der Waals surface area contributed by atoms with Gasteiger partial charge in [-0.3, -0.25) is 4.98 Å². The molecule has 0 saturated heterocycles. The average Bonchev–Trinajstić information content (AvgIpc) is 3.09. The number of thiazole rings is 1. The second-order valence-electron chi connectivity index (χ2n) is 6.80. The molecule has 2 heterocycles. The number of pyridine rings is 1. The molecular weight excluding hydrogens is 352 g/mol. The highest BCUT2D eigenvalue weighted by atomic mass is 32.1. The van der Waals surface area contributed by atoms with Crippen LogP contribution in [-0.2, 0) is 13.1 Å². The summed E-state index contributed by atoms with van der Waals surface area (Å²) in [5.41, 5.74) is 6.05. The van der Waals surface area contributed by atoms with Gasteiger partial charge in [0.2, 0.25) is 0 Å². The van der Waals surface area contributed by atoms with Crippen LogP contribution in [0.1, 0.15) is 11.1 Å². The lowest BCUT2D eigenvalue weighted by molar-refractivity contribution is 0.401. The number of hydrogen-bond acceptors (Lipinski definition) is 5. The van der Waals surface area contributed by atoms with Crippen molar-refractivity contribution < 1.29 is 0 Å². The van der Waals surface area contributed by atoms with Crippen LogP contribution >= 0.6 is 11.3 Å². The van der Waals surface area contributed by atoms with Gasteiger partial charge in [0, 0.05) is 25.5 Å². The Bertz CT molecular complexity index is 1040. The molecule has 136 valence electrons. The number of hydrogen-bond donors (Lipinski definition) is 1. The topological polar surface area (TPSA) is 41.0 Å². The lowest BCUT2D eigenvalue weighted by Gasteiger charge is -2.14. The van der Waals surface area contributed by atoms with Gasteiger partial charge in [0.25, 0.3) is 0 Å². The van der Waals surface area contributed by atoms with Gasteiger partial charge in [0.1, 0.15) is 0 Å². The molecule has 4 nitrogen and oxygen atoms in total. The van der Waals surface area contributed by atoms with Crippen LogP contribution in [0.25, 0.3) is 21.3 Å². The predicted octanol–water partition coefficient (Wildman–Crippen LogP) is 5.03. The minimum absolute atomic E-state index is 0.779. The van der Waals surface area contributed by atoms with Gasteiger partial charge in [0.15, 0.2) is 5.13 Å². The number of fused-ring (bicyclic) bond motifs is 1. The Morgan fingerprint density at radius 2 is 1.70 bits per heavy atom. The van der Waals surface area contributed by atoms with Gasteiger partial charge in [-0.25, -0.2) is 4.98 Å². The van der Waals surface area contributed by atoms with Gasteiger partial charge in [-0.2, -0.15) is 0 Å². The van der Waals surface area contributed by atoms with E-state index in [0.29, 0.717) is 0 Å². The van der Waals surface area contributed by atoms with Gasteiger partial charge in [-0.15, -0.1) is 0 Å². The zero-order chi connectivity index (χ0) is 18.6. The van der Waals surface area contributed by atoms with Crippen molar-refractivity contribution in [3.8, 4) is 11.1 Å². The number of rotatable bonds is 6. The molecule has 0 aliphatic rings. The molecule has 0 aliphatic carbocycles. The monoisotopic (exact) mass is 374 g/mol. The number of anilines is 1. The van der Waals surface area contributed by atoms with E-state index in [1.807, 2.05) is 24.5 Å². The van der Waals surface area contributed by atoms with Crippen LogP contribution in [0.4, 0.5) is 5.13 Å². The normalized spacial score (nSPS) is 11.2. The highest BCUT2D eigenvalue weighted by molar-refractivity contribution is 7.22. The predicted molar refractivity (Wildman–Crippen MR) is 114 cm³/mol. The van der Waals surface area contributed by atoms with Crippen LogP contribution in [-0.4, -0.2) is 29.0 Å². The lowest BCUT2D eigenvalue weighted by Crippen LogP contribution is -2.13. The smallest absolute Gasteiger partial charge is 0.184 e. The van der Waals surface area contributed by atoms with Crippen LogP contribution in [0.5, 0.6) is 0 Å². The van der Waals surface area contributed by atoms with Gasteiger partial charge < -0.3 is 10.2 Å². The van der Waals surface area contributed by atoms with Crippen molar-refractivity contribution in [1.29, 1.82) is 0 Å².